The highest BCUT2D eigenvalue weighted by Gasteiger charge is 2.20. The summed E-state index contributed by atoms with van der Waals surface area (Å²) < 4.78 is 16.3. The lowest BCUT2D eigenvalue weighted by molar-refractivity contribution is -0.145. The van der Waals surface area contributed by atoms with Crippen LogP contribution in [0.15, 0.2) is 42.5 Å². The van der Waals surface area contributed by atoms with Gasteiger partial charge in [0.1, 0.15) is 13.2 Å². The van der Waals surface area contributed by atoms with Crippen LogP contribution in [-0.4, -0.2) is 31.1 Å². The van der Waals surface area contributed by atoms with Gasteiger partial charge in [-0.2, -0.15) is 0 Å². The standard InChI is InChI=1S/C21H22O5/c1-3-15-4-7-17(8-5-15)21(23)14(2)26-20(22)13-16-6-9-18-19(12-16)25-11-10-24-18/h4-9,12,14H,3,10-11,13H2,1-2H3. The summed E-state index contributed by atoms with van der Waals surface area (Å²) in [6.45, 7) is 4.66. The van der Waals surface area contributed by atoms with Gasteiger partial charge in [-0.05, 0) is 36.6 Å². The Hall–Kier alpha value is -2.82. The summed E-state index contributed by atoms with van der Waals surface area (Å²) in [7, 11) is 0. The molecule has 3 rings (SSSR count). The van der Waals surface area contributed by atoms with E-state index in [9.17, 15) is 9.59 Å². The number of esters is 1. The molecule has 5 heteroatoms. The lowest BCUT2D eigenvalue weighted by atomic mass is 10.0. The monoisotopic (exact) mass is 354 g/mol. The molecular weight excluding hydrogens is 332 g/mol. The van der Waals surface area contributed by atoms with Gasteiger partial charge in [0.05, 0.1) is 6.42 Å². The van der Waals surface area contributed by atoms with Gasteiger partial charge >= 0.3 is 5.97 Å². The van der Waals surface area contributed by atoms with Crippen LogP contribution in [0.25, 0.3) is 0 Å². The van der Waals surface area contributed by atoms with Crippen molar-refractivity contribution in [2.75, 3.05) is 13.2 Å². The molecule has 136 valence electrons. The van der Waals surface area contributed by atoms with Gasteiger partial charge in [0.15, 0.2) is 17.6 Å². The first-order valence-corrected chi connectivity index (χ1v) is 8.78. The number of carbonyl (C=O) groups excluding carboxylic acids is 2. The summed E-state index contributed by atoms with van der Waals surface area (Å²) in [5.41, 5.74) is 2.46. The third kappa shape index (κ3) is 4.23. The van der Waals surface area contributed by atoms with Gasteiger partial charge in [0, 0.05) is 5.56 Å². The molecule has 0 aliphatic carbocycles. The number of fused-ring (bicyclic) bond motifs is 1. The van der Waals surface area contributed by atoms with E-state index in [1.54, 1.807) is 37.3 Å². The van der Waals surface area contributed by atoms with Gasteiger partial charge in [-0.1, -0.05) is 37.3 Å². The third-order valence-electron chi connectivity index (χ3n) is 4.28. The zero-order valence-electron chi connectivity index (χ0n) is 15.0. The second kappa shape index (κ2) is 8.04. The summed E-state index contributed by atoms with van der Waals surface area (Å²) in [6.07, 6.45) is 0.157. The van der Waals surface area contributed by atoms with E-state index in [0.29, 0.717) is 30.3 Å². The average molecular weight is 354 g/mol. The molecule has 1 aliphatic heterocycles. The molecule has 5 nitrogen and oxygen atoms in total. The van der Waals surface area contributed by atoms with Crippen molar-refractivity contribution in [3.8, 4) is 11.5 Å². The van der Waals surface area contributed by atoms with Crippen molar-refractivity contribution in [2.24, 2.45) is 0 Å². The van der Waals surface area contributed by atoms with Crippen LogP contribution in [0.1, 0.15) is 35.3 Å². The highest BCUT2D eigenvalue weighted by Crippen LogP contribution is 2.30. The summed E-state index contributed by atoms with van der Waals surface area (Å²) in [4.78, 5) is 24.6. The Labute approximate surface area is 152 Å². The van der Waals surface area contributed by atoms with Crippen LogP contribution in [-0.2, 0) is 22.4 Å². The van der Waals surface area contributed by atoms with Crippen LogP contribution in [0.4, 0.5) is 0 Å². The van der Waals surface area contributed by atoms with Gasteiger partial charge in [0.25, 0.3) is 0 Å². The maximum absolute atomic E-state index is 12.4. The largest absolute Gasteiger partial charge is 0.486 e. The second-order valence-corrected chi connectivity index (χ2v) is 6.20. The second-order valence-electron chi connectivity index (χ2n) is 6.20. The molecule has 0 radical (unpaired) electrons. The molecule has 1 aliphatic rings. The van der Waals surface area contributed by atoms with Crippen LogP contribution in [0.2, 0.25) is 0 Å². The highest BCUT2D eigenvalue weighted by atomic mass is 16.6. The molecule has 0 saturated carbocycles. The molecular formula is C21H22O5. The zero-order chi connectivity index (χ0) is 18.5. The van der Waals surface area contributed by atoms with Gasteiger partial charge < -0.3 is 14.2 Å². The van der Waals surface area contributed by atoms with Gasteiger partial charge in [0.2, 0.25) is 5.78 Å². The molecule has 0 saturated heterocycles. The number of aryl methyl sites for hydroxylation is 1. The Morgan fingerprint density at radius 3 is 2.35 bits per heavy atom. The van der Waals surface area contributed by atoms with Crippen molar-refractivity contribution in [1.82, 2.24) is 0 Å². The predicted octanol–water partition coefficient (Wildman–Crippen LogP) is 3.38. The van der Waals surface area contributed by atoms with Crippen LogP contribution in [0.5, 0.6) is 11.5 Å². The first-order chi connectivity index (χ1) is 12.6. The summed E-state index contributed by atoms with van der Waals surface area (Å²) in [6, 6.07) is 12.7. The number of hydrogen-bond acceptors (Lipinski definition) is 5. The Morgan fingerprint density at radius 1 is 1.00 bits per heavy atom. The number of rotatable bonds is 6. The SMILES string of the molecule is CCc1ccc(C(=O)C(C)OC(=O)Cc2ccc3c(c2)OCCO3)cc1. The summed E-state index contributed by atoms with van der Waals surface area (Å²) in [5, 5.41) is 0. The average Bonchev–Trinajstić information content (AvgIpc) is 2.67. The molecule has 0 N–H and O–H groups in total. The molecule has 0 amide bonds. The number of hydrogen-bond donors (Lipinski definition) is 0. The number of benzene rings is 2. The molecule has 26 heavy (non-hydrogen) atoms. The van der Waals surface area contributed by atoms with E-state index < -0.39 is 12.1 Å². The van der Waals surface area contributed by atoms with Gasteiger partial charge in [-0.15, -0.1) is 0 Å². The van der Waals surface area contributed by atoms with Crippen molar-refractivity contribution in [1.29, 1.82) is 0 Å². The van der Waals surface area contributed by atoms with Crippen molar-refractivity contribution in [3.63, 3.8) is 0 Å². The fourth-order valence-electron chi connectivity index (χ4n) is 2.80. The van der Waals surface area contributed by atoms with Crippen molar-refractivity contribution in [2.45, 2.75) is 32.8 Å². The van der Waals surface area contributed by atoms with Crippen molar-refractivity contribution >= 4 is 11.8 Å². The maximum atomic E-state index is 12.4. The highest BCUT2D eigenvalue weighted by molar-refractivity contribution is 6.00. The number of ether oxygens (including phenoxy) is 3. The molecule has 0 aromatic heterocycles. The normalized spacial score (nSPS) is 13.8. The fraction of sp³-hybridized carbons (Fsp3) is 0.333. The summed E-state index contributed by atoms with van der Waals surface area (Å²) in [5.74, 6) is 0.644. The predicted molar refractivity (Wildman–Crippen MR) is 96.8 cm³/mol. The minimum Gasteiger partial charge on any atom is -0.486 e. The minimum absolute atomic E-state index is 0.0725. The van der Waals surface area contributed by atoms with Crippen LogP contribution in [0, 0.1) is 0 Å². The molecule has 0 spiro atoms. The van der Waals surface area contributed by atoms with E-state index in [2.05, 4.69) is 6.92 Å². The first kappa shape index (κ1) is 18.0. The zero-order valence-corrected chi connectivity index (χ0v) is 15.0. The van der Waals surface area contributed by atoms with E-state index in [0.717, 1.165) is 17.5 Å². The van der Waals surface area contributed by atoms with Crippen LogP contribution in [0.3, 0.4) is 0 Å². The Kier molecular flexibility index (Phi) is 5.56. The van der Waals surface area contributed by atoms with E-state index >= 15 is 0 Å². The molecule has 2 aromatic rings. The maximum Gasteiger partial charge on any atom is 0.310 e. The fourth-order valence-corrected chi connectivity index (χ4v) is 2.80. The summed E-state index contributed by atoms with van der Waals surface area (Å²) >= 11 is 0. The van der Waals surface area contributed by atoms with E-state index in [-0.39, 0.29) is 12.2 Å². The Bertz CT molecular complexity index is 795. The lowest BCUT2D eigenvalue weighted by Gasteiger charge is -2.19. The molecule has 0 bridgehead atoms. The smallest absolute Gasteiger partial charge is 0.310 e. The third-order valence-corrected chi connectivity index (χ3v) is 4.28. The molecule has 0 fully saturated rings. The van der Waals surface area contributed by atoms with Gasteiger partial charge in [-0.25, -0.2) is 0 Å². The Morgan fingerprint density at radius 2 is 1.65 bits per heavy atom. The number of ketones is 1. The first-order valence-electron chi connectivity index (χ1n) is 8.78. The van der Waals surface area contributed by atoms with Crippen LogP contribution >= 0.6 is 0 Å². The molecule has 2 aromatic carbocycles. The number of Topliss-reactive ketones (excluding diaryl/α,β-unsaturated/α-hetero) is 1. The van der Waals surface area contributed by atoms with E-state index in [1.807, 2.05) is 12.1 Å². The van der Waals surface area contributed by atoms with E-state index in [4.69, 9.17) is 14.2 Å². The van der Waals surface area contributed by atoms with Crippen LogP contribution < -0.4 is 9.47 Å². The Balaban J connectivity index is 1.59. The quantitative estimate of drug-likeness (QED) is 0.588. The minimum atomic E-state index is -0.827. The topological polar surface area (TPSA) is 61.8 Å². The van der Waals surface area contributed by atoms with E-state index in [1.165, 1.54) is 0 Å². The number of carbonyl (C=O) groups is 2. The molecule has 1 heterocycles. The molecule has 1 unspecified atom stereocenters. The van der Waals surface area contributed by atoms with Gasteiger partial charge in [-0.3, -0.25) is 9.59 Å². The molecule has 1 atom stereocenters. The van der Waals surface area contributed by atoms with Crippen molar-refractivity contribution < 1.29 is 23.8 Å². The van der Waals surface area contributed by atoms with Crippen molar-refractivity contribution in [3.05, 3.63) is 59.2 Å². The lowest BCUT2D eigenvalue weighted by Crippen LogP contribution is -2.25.